The molecule has 3 aromatic carbocycles. The van der Waals surface area contributed by atoms with Gasteiger partial charge in [-0.1, -0.05) is 18.1 Å². The zero-order valence-electron chi connectivity index (χ0n) is 27.6. The van der Waals surface area contributed by atoms with Gasteiger partial charge in [-0.15, -0.1) is 6.42 Å². The maximum absolute atomic E-state index is 17.2. The van der Waals surface area contributed by atoms with Crippen molar-refractivity contribution in [3.8, 4) is 41.3 Å². The van der Waals surface area contributed by atoms with Crippen molar-refractivity contribution in [1.82, 2.24) is 20.2 Å². The fourth-order valence-electron chi connectivity index (χ4n) is 8.83. The summed E-state index contributed by atoms with van der Waals surface area (Å²) in [6.45, 7) is 3.74. The number of anilines is 1. The Hall–Kier alpha value is -4.58. The summed E-state index contributed by atoms with van der Waals surface area (Å²) >= 11 is 0. The summed E-state index contributed by atoms with van der Waals surface area (Å²) in [5, 5.41) is 26.3. The molecule has 4 heterocycles. The summed E-state index contributed by atoms with van der Waals surface area (Å²) < 4.78 is 51.5. The number of nitriles is 1. The molecule has 2 saturated carbocycles. The molecule has 5 aliphatic rings. The van der Waals surface area contributed by atoms with Crippen molar-refractivity contribution in [2.75, 3.05) is 44.2 Å². The first-order chi connectivity index (χ1) is 24.1. The number of aromatic hydroxyl groups is 1. The Labute approximate surface area is 288 Å². The number of benzene rings is 3. The van der Waals surface area contributed by atoms with Gasteiger partial charge in [0.25, 0.3) is 5.92 Å². The van der Waals surface area contributed by atoms with Gasteiger partial charge in [-0.2, -0.15) is 15.2 Å². The molecule has 4 aromatic rings. The van der Waals surface area contributed by atoms with Crippen molar-refractivity contribution in [1.29, 1.82) is 5.26 Å². The SMILES string of the molecule is C#Cc1cccc2cc(O)cc(-c3c(C#N)cc4c(N5CC6CCC(C5)N6)nc(OCC5(CN6CCC7(CC6)CC7(F)F)CC5)nc4c3F)c12. The standard InChI is InChI=1S/C39H37F3N6O2/c1-2-23-4-3-5-24-14-28(49)16-29(31(23)24)32-25(17-43)15-30-34(33(32)40)45-36(46-35(30)48-18-26-6-7-27(19-48)44-26)50-22-37(8-9-37)21-47-12-10-38(11-13-47)20-39(38,41)42/h1,3-5,14-16,26-27,44,49H,6-13,18-22H2. The number of likely N-dealkylation sites (tertiary alicyclic amines) is 1. The number of hydrogen-bond acceptors (Lipinski definition) is 8. The molecule has 2 unspecified atom stereocenters. The zero-order chi connectivity index (χ0) is 34.4. The molecule has 1 spiro atoms. The van der Waals surface area contributed by atoms with Crippen molar-refractivity contribution < 1.29 is 23.0 Å². The van der Waals surface area contributed by atoms with Crippen LogP contribution in [-0.4, -0.2) is 77.3 Å². The highest BCUT2D eigenvalue weighted by Crippen LogP contribution is 2.66. The maximum Gasteiger partial charge on any atom is 0.319 e. The summed E-state index contributed by atoms with van der Waals surface area (Å²) in [6, 6.07) is 12.7. The number of terminal acetylenes is 1. The Morgan fingerprint density at radius 1 is 1.04 bits per heavy atom. The third kappa shape index (κ3) is 5.13. The van der Waals surface area contributed by atoms with Crippen LogP contribution >= 0.6 is 0 Å². The lowest BCUT2D eigenvalue weighted by Gasteiger charge is -2.35. The molecule has 5 fully saturated rings. The number of phenols is 1. The summed E-state index contributed by atoms with van der Waals surface area (Å²) in [4.78, 5) is 13.9. The Bertz CT molecular complexity index is 2130. The largest absolute Gasteiger partial charge is 0.508 e. The molecule has 8 nitrogen and oxygen atoms in total. The van der Waals surface area contributed by atoms with E-state index in [1.807, 2.05) is 0 Å². The van der Waals surface area contributed by atoms with E-state index in [2.05, 4.69) is 32.1 Å². The first kappa shape index (κ1) is 31.4. The molecule has 50 heavy (non-hydrogen) atoms. The number of ether oxygens (including phenoxy) is 1. The second-order valence-corrected chi connectivity index (χ2v) is 15.3. The summed E-state index contributed by atoms with van der Waals surface area (Å²) in [7, 11) is 0. The number of fused-ring (bicyclic) bond motifs is 4. The highest BCUT2D eigenvalue weighted by molar-refractivity contribution is 6.05. The highest BCUT2D eigenvalue weighted by Gasteiger charge is 2.70. The van der Waals surface area contributed by atoms with Crippen molar-refractivity contribution >= 4 is 27.5 Å². The zero-order valence-corrected chi connectivity index (χ0v) is 27.6. The van der Waals surface area contributed by atoms with Gasteiger partial charge in [0.05, 0.1) is 18.2 Å². The van der Waals surface area contributed by atoms with Crippen LogP contribution in [0.15, 0.2) is 36.4 Å². The van der Waals surface area contributed by atoms with Crippen LogP contribution in [0.2, 0.25) is 0 Å². The van der Waals surface area contributed by atoms with E-state index in [0.717, 1.165) is 32.2 Å². The van der Waals surface area contributed by atoms with Crippen LogP contribution in [0.25, 0.3) is 32.8 Å². The van der Waals surface area contributed by atoms with Gasteiger partial charge >= 0.3 is 6.01 Å². The van der Waals surface area contributed by atoms with Gasteiger partial charge in [0.1, 0.15) is 17.1 Å². The van der Waals surface area contributed by atoms with Crippen LogP contribution in [-0.2, 0) is 0 Å². The molecule has 256 valence electrons. The third-order valence-electron chi connectivity index (χ3n) is 12.0. The summed E-state index contributed by atoms with van der Waals surface area (Å²) in [5.74, 6) is -0.138. The molecule has 3 aliphatic heterocycles. The topological polar surface area (TPSA) is 97.5 Å². The fourth-order valence-corrected chi connectivity index (χ4v) is 8.83. The average molecular weight is 679 g/mol. The van der Waals surface area contributed by atoms with Gasteiger partial charge in [0.2, 0.25) is 0 Å². The quantitative estimate of drug-likeness (QED) is 0.218. The lowest BCUT2D eigenvalue weighted by Crippen LogP contribution is -2.51. The van der Waals surface area contributed by atoms with Crippen molar-refractivity contribution in [3.63, 3.8) is 0 Å². The van der Waals surface area contributed by atoms with E-state index in [1.165, 1.54) is 6.07 Å². The average Bonchev–Trinajstić information content (AvgIpc) is 3.95. The number of piperidine rings is 1. The Kier molecular flexibility index (Phi) is 7.04. The number of nitrogens with one attached hydrogen (secondary N) is 1. The van der Waals surface area contributed by atoms with Crippen LogP contribution < -0.4 is 15.0 Å². The van der Waals surface area contributed by atoms with Gasteiger partial charge in [0.15, 0.2) is 5.82 Å². The maximum atomic E-state index is 17.2. The van der Waals surface area contributed by atoms with E-state index in [1.54, 1.807) is 30.3 Å². The molecule has 3 saturated heterocycles. The molecular formula is C39H37F3N6O2. The predicted octanol–water partition coefficient (Wildman–Crippen LogP) is 6.37. The number of aromatic nitrogens is 2. The number of halogens is 3. The number of rotatable bonds is 7. The summed E-state index contributed by atoms with van der Waals surface area (Å²) in [6.07, 6.45) is 10.9. The minimum Gasteiger partial charge on any atom is -0.508 e. The van der Waals surface area contributed by atoms with Crippen LogP contribution in [0.3, 0.4) is 0 Å². The van der Waals surface area contributed by atoms with Crippen LogP contribution in [0.5, 0.6) is 11.8 Å². The van der Waals surface area contributed by atoms with Crippen LogP contribution in [0, 0.1) is 40.3 Å². The predicted molar refractivity (Wildman–Crippen MR) is 184 cm³/mol. The van der Waals surface area contributed by atoms with Crippen molar-refractivity contribution in [2.45, 2.75) is 63.0 Å². The molecule has 2 atom stereocenters. The van der Waals surface area contributed by atoms with Gasteiger partial charge in [-0.05, 0) is 86.8 Å². The lowest BCUT2D eigenvalue weighted by atomic mass is 9.90. The van der Waals surface area contributed by atoms with Crippen molar-refractivity contribution in [3.05, 3.63) is 53.3 Å². The lowest BCUT2D eigenvalue weighted by molar-refractivity contribution is 0.0252. The van der Waals surface area contributed by atoms with E-state index in [4.69, 9.17) is 16.1 Å². The minimum atomic E-state index is -2.52. The normalized spacial score (nSPS) is 24.3. The molecule has 2 N–H and O–H groups in total. The molecule has 0 amide bonds. The fraction of sp³-hybridized carbons (Fsp3) is 0.462. The second-order valence-electron chi connectivity index (χ2n) is 15.3. The smallest absolute Gasteiger partial charge is 0.319 e. The van der Waals surface area contributed by atoms with E-state index < -0.39 is 17.2 Å². The first-order valence-corrected chi connectivity index (χ1v) is 17.5. The first-order valence-electron chi connectivity index (χ1n) is 17.5. The minimum absolute atomic E-state index is 0.00218. The monoisotopic (exact) mass is 678 g/mol. The van der Waals surface area contributed by atoms with Crippen LogP contribution in [0.4, 0.5) is 19.0 Å². The number of phenolic OH excluding ortho intramolecular Hbond substituents is 1. The van der Waals surface area contributed by atoms with Crippen molar-refractivity contribution in [2.24, 2.45) is 10.8 Å². The molecule has 2 bridgehead atoms. The summed E-state index contributed by atoms with van der Waals surface area (Å²) in [5.41, 5.74) is -0.0145. The van der Waals surface area contributed by atoms with E-state index in [0.29, 0.717) is 78.7 Å². The molecule has 2 aliphatic carbocycles. The molecular weight excluding hydrogens is 641 g/mol. The molecule has 9 rings (SSSR count). The van der Waals surface area contributed by atoms with Gasteiger partial charge in [0, 0.05) is 70.9 Å². The Balaban J connectivity index is 1.10. The van der Waals surface area contributed by atoms with Gasteiger partial charge in [-0.25, -0.2) is 13.2 Å². The second kappa shape index (κ2) is 11.2. The number of hydrogen-bond donors (Lipinski definition) is 2. The van der Waals surface area contributed by atoms with E-state index in [-0.39, 0.29) is 52.3 Å². The van der Waals surface area contributed by atoms with Gasteiger partial charge < -0.3 is 25.0 Å². The van der Waals surface area contributed by atoms with Gasteiger partial charge in [-0.3, -0.25) is 0 Å². The van der Waals surface area contributed by atoms with Crippen LogP contribution in [0.1, 0.15) is 56.1 Å². The molecule has 0 radical (unpaired) electrons. The number of nitrogens with zero attached hydrogens (tertiary/aromatic N) is 5. The third-order valence-corrected chi connectivity index (χ3v) is 12.0. The Morgan fingerprint density at radius 3 is 2.44 bits per heavy atom. The molecule has 1 aromatic heterocycles. The number of piperazine rings is 1. The molecule has 11 heteroatoms. The number of alkyl halides is 2. The highest BCUT2D eigenvalue weighted by atomic mass is 19.3. The van der Waals surface area contributed by atoms with E-state index >= 15 is 4.39 Å². The Morgan fingerprint density at radius 2 is 1.78 bits per heavy atom. The van der Waals surface area contributed by atoms with E-state index in [9.17, 15) is 19.1 Å².